The van der Waals surface area contributed by atoms with Gasteiger partial charge in [0.15, 0.2) is 0 Å². The third kappa shape index (κ3) is 3.79. The molecule has 0 atom stereocenters. The van der Waals surface area contributed by atoms with Crippen molar-refractivity contribution in [2.24, 2.45) is 0 Å². The number of hydrogen-bond donors (Lipinski definition) is 3. The summed E-state index contributed by atoms with van der Waals surface area (Å²) in [5, 5.41) is 20.4. The van der Waals surface area contributed by atoms with Crippen molar-refractivity contribution in [3.63, 3.8) is 0 Å². The largest absolute Gasteiger partial charge is 0.508 e. The highest BCUT2D eigenvalue weighted by molar-refractivity contribution is 5.94. The van der Waals surface area contributed by atoms with Gasteiger partial charge in [0.25, 0.3) is 0 Å². The normalized spacial score (nSPS) is 10.1. The molecule has 0 unspecified atom stereocenters. The summed E-state index contributed by atoms with van der Waals surface area (Å²) < 4.78 is 13.2. The second kappa shape index (κ2) is 6.04. The van der Waals surface area contributed by atoms with E-state index in [-0.39, 0.29) is 23.8 Å². The van der Waals surface area contributed by atoms with Gasteiger partial charge in [-0.05, 0) is 35.9 Å². The second-order valence-electron chi connectivity index (χ2n) is 4.39. The van der Waals surface area contributed by atoms with Crippen molar-refractivity contribution in [3.8, 4) is 5.75 Å². The third-order valence-corrected chi connectivity index (χ3v) is 2.78. The number of amides is 1. The van der Waals surface area contributed by atoms with Gasteiger partial charge < -0.3 is 15.5 Å². The minimum Gasteiger partial charge on any atom is -0.508 e. The Labute approximate surface area is 119 Å². The van der Waals surface area contributed by atoms with Gasteiger partial charge in [-0.3, -0.25) is 4.79 Å². The molecule has 0 saturated carbocycles. The Morgan fingerprint density at radius 1 is 1.10 bits per heavy atom. The van der Waals surface area contributed by atoms with Crippen LogP contribution in [0.2, 0.25) is 0 Å². The number of halogens is 1. The number of aromatic hydroxyl groups is 1. The number of carbonyl (C=O) groups excluding carboxylic acids is 1. The van der Waals surface area contributed by atoms with Gasteiger partial charge >= 0.3 is 5.97 Å². The molecule has 5 nitrogen and oxygen atoms in total. The quantitative estimate of drug-likeness (QED) is 0.806. The van der Waals surface area contributed by atoms with Crippen molar-refractivity contribution in [2.45, 2.75) is 6.42 Å². The van der Waals surface area contributed by atoms with Crippen LogP contribution < -0.4 is 5.32 Å². The number of hydrogen-bond acceptors (Lipinski definition) is 3. The Hall–Kier alpha value is -2.89. The molecule has 2 aromatic carbocycles. The molecule has 0 fully saturated rings. The fourth-order valence-electron chi connectivity index (χ4n) is 1.77. The van der Waals surface area contributed by atoms with Crippen molar-refractivity contribution in [2.75, 3.05) is 5.32 Å². The Morgan fingerprint density at radius 2 is 1.76 bits per heavy atom. The maximum atomic E-state index is 13.2. The predicted octanol–water partition coefficient (Wildman–Crippen LogP) is 2.41. The molecule has 0 aliphatic heterocycles. The smallest absolute Gasteiger partial charge is 0.338 e. The van der Waals surface area contributed by atoms with Crippen molar-refractivity contribution >= 4 is 17.6 Å². The lowest BCUT2D eigenvalue weighted by molar-refractivity contribution is -0.115. The maximum absolute atomic E-state index is 13.2. The number of carboxylic acid groups (broad SMARTS) is 1. The third-order valence-electron chi connectivity index (χ3n) is 2.78. The minimum atomic E-state index is -1.40. The molecule has 0 spiro atoms. The van der Waals surface area contributed by atoms with Gasteiger partial charge in [-0.15, -0.1) is 0 Å². The van der Waals surface area contributed by atoms with Gasteiger partial charge in [0.05, 0.1) is 12.0 Å². The summed E-state index contributed by atoms with van der Waals surface area (Å²) in [5.74, 6) is -2.53. The zero-order chi connectivity index (χ0) is 15.4. The summed E-state index contributed by atoms with van der Waals surface area (Å²) in [7, 11) is 0. The maximum Gasteiger partial charge on any atom is 0.338 e. The standard InChI is InChI=1S/C15H12FNO4/c16-13-6-3-10(8-12(13)15(20)21)17-14(19)7-9-1-4-11(18)5-2-9/h1-6,8,18H,7H2,(H,17,19)(H,20,21). The molecule has 0 aliphatic rings. The number of rotatable bonds is 4. The summed E-state index contributed by atoms with van der Waals surface area (Å²) in [4.78, 5) is 22.6. The highest BCUT2D eigenvalue weighted by Gasteiger charge is 2.12. The summed E-state index contributed by atoms with van der Waals surface area (Å²) in [6, 6.07) is 9.46. The average Bonchev–Trinajstić information content (AvgIpc) is 2.43. The van der Waals surface area contributed by atoms with E-state index in [1.165, 1.54) is 18.2 Å². The van der Waals surface area contributed by atoms with Gasteiger partial charge in [0.1, 0.15) is 11.6 Å². The van der Waals surface area contributed by atoms with Crippen molar-refractivity contribution in [3.05, 3.63) is 59.4 Å². The fraction of sp³-hybridized carbons (Fsp3) is 0.0667. The van der Waals surface area contributed by atoms with E-state index in [0.29, 0.717) is 5.56 Å². The molecule has 2 rings (SSSR count). The van der Waals surface area contributed by atoms with E-state index in [9.17, 15) is 14.0 Å². The Balaban J connectivity index is 2.07. The molecule has 3 N–H and O–H groups in total. The predicted molar refractivity (Wildman–Crippen MR) is 73.8 cm³/mol. The molecule has 6 heteroatoms. The SMILES string of the molecule is O=C(Cc1ccc(O)cc1)Nc1ccc(F)c(C(=O)O)c1. The number of benzene rings is 2. The lowest BCUT2D eigenvalue weighted by Gasteiger charge is -2.07. The number of anilines is 1. The molecule has 0 aliphatic carbocycles. The zero-order valence-electron chi connectivity index (χ0n) is 10.8. The monoisotopic (exact) mass is 289 g/mol. The molecule has 0 bridgehead atoms. The van der Waals surface area contributed by atoms with Gasteiger partial charge in [-0.25, -0.2) is 9.18 Å². The number of carboxylic acids is 1. The molecule has 0 heterocycles. The second-order valence-corrected chi connectivity index (χ2v) is 4.39. The summed E-state index contributed by atoms with van der Waals surface area (Å²) in [6.45, 7) is 0. The number of phenolic OH excluding ortho intramolecular Hbond substituents is 1. The first kappa shape index (κ1) is 14.5. The van der Waals surface area contributed by atoms with Crippen molar-refractivity contribution < 1.29 is 24.2 Å². The highest BCUT2D eigenvalue weighted by atomic mass is 19.1. The number of carbonyl (C=O) groups is 2. The van der Waals surface area contributed by atoms with E-state index in [1.54, 1.807) is 12.1 Å². The van der Waals surface area contributed by atoms with Crippen LogP contribution in [-0.2, 0) is 11.2 Å². The topological polar surface area (TPSA) is 86.6 Å². The highest BCUT2D eigenvalue weighted by Crippen LogP contribution is 2.16. The summed E-state index contributed by atoms with van der Waals surface area (Å²) in [6.07, 6.45) is 0.0556. The molecule has 108 valence electrons. The summed E-state index contributed by atoms with van der Waals surface area (Å²) >= 11 is 0. The van der Waals surface area contributed by atoms with Gasteiger partial charge in [-0.2, -0.15) is 0 Å². The van der Waals surface area contributed by atoms with Crippen LogP contribution in [-0.4, -0.2) is 22.1 Å². The van der Waals surface area contributed by atoms with E-state index >= 15 is 0 Å². The molecule has 2 aromatic rings. The Morgan fingerprint density at radius 3 is 2.38 bits per heavy atom. The van der Waals surface area contributed by atoms with E-state index in [1.807, 2.05) is 0 Å². The molecule has 0 radical (unpaired) electrons. The van der Waals surface area contributed by atoms with Crippen LogP contribution in [0.1, 0.15) is 15.9 Å². The first-order valence-corrected chi connectivity index (χ1v) is 6.06. The Bertz CT molecular complexity index is 683. The van der Waals surface area contributed by atoms with E-state index in [4.69, 9.17) is 10.2 Å². The zero-order valence-corrected chi connectivity index (χ0v) is 10.8. The van der Waals surface area contributed by atoms with Crippen molar-refractivity contribution in [1.29, 1.82) is 0 Å². The first-order chi connectivity index (χ1) is 9.95. The number of phenols is 1. The van der Waals surface area contributed by atoms with Crippen molar-refractivity contribution in [1.82, 2.24) is 0 Å². The average molecular weight is 289 g/mol. The number of nitrogens with one attached hydrogen (secondary N) is 1. The van der Waals surface area contributed by atoms with Crippen LogP contribution in [0, 0.1) is 5.82 Å². The molecule has 0 aromatic heterocycles. The van der Waals surface area contributed by atoms with E-state index in [0.717, 1.165) is 12.1 Å². The van der Waals surface area contributed by atoms with E-state index < -0.39 is 17.3 Å². The Kier molecular flexibility index (Phi) is 4.18. The number of aromatic carboxylic acids is 1. The van der Waals surface area contributed by atoms with Gasteiger partial charge in [-0.1, -0.05) is 12.1 Å². The lowest BCUT2D eigenvalue weighted by Crippen LogP contribution is -2.15. The molecule has 0 saturated heterocycles. The van der Waals surface area contributed by atoms with E-state index in [2.05, 4.69) is 5.32 Å². The molecule has 21 heavy (non-hydrogen) atoms. The van der Waals surface area contributed by atoms with Gasteiger partial charge in [0, 0.05) is 5.69 Å². The molecule has 1 amide bonds. The minimum absolute atomic E-state index is 0.0556. The van der Waals surface area contributed by atoms with Gasteiger partial charge in [0.2, 0.25) is 5.91 Å². The summed E-state index contributed by atoms with van der Waals surface area (Å²) in [5.41, 5.74) is 0.390. The van der Waals surface area contributed by atoms with Crippen LogP contribution in [0.5, 0.6) is 5.75 Å². The lowest BCUT2D eigenvalue weighted by atomic mass is 10.1. The first-order valence-electron chi connectivity index (χ1n) is 6.06. The van der Waals surface area contributed by atoms with Crippen LogP contribution in [0.3, 0.4) is 0 Å². The molecular formula is C15H12FNO4. The molecular weight excluding hydrogens is 277 g/mol. The fourth-order valence-corrected chi connectivity index (χ4v) is 1.77. The van der Waals surface area contributed by atoms with Crippen LogP contribution in [0.15, 0.2) is 42.5 Å². The van der Waals surface area contributed by atoms with Crippen LogP contribution in [0.25, 0.3) is 0 Å². The van der Waals surface area contributed by atoms with Crippen LogP contribution >= 0.6 is 0 Å². The van der Waals surface area contributed by atoms with Crippen LogP contribution in [0.4, 0.5) is 10.1 Å².